The molecule has 32 heavy (non-hydrogen) atoms. The van der Waals surface area contributed by atoms with E-state index < -0.39 is 41.0 Å². The number of alkyl carbamates (subject to hydrolysis) is 1. The molecule has 2 aromatic rings. The number of carboxylic acids is 1. The summed E-state index contributed by atoms with van der Waals surface area (Å²) in [4.78, 5) is 35.9. The highest BCUT2D eigenvalue weighted by Crippen LogP contribution is 2.34. The number of alkyl halides is 3. The minimum absolute atomic E-state index is 0.0875. The van der Waals surface area contributed by atoms with Gasteiger partial charge in [-0.25, -0.2) is 9.59 Å². The van der Waals surface area contributed by atoms with Crippen LogP contribution in [0.3, 0.4) is 0 Å². The van der Waals surface area contributed by atoms with E-state index in [1.807, 2.05) is 0 Å². The van der Waals surface area contributed by atoms with Gasteiger partial charge in [-0.1, -0.05) is 24.3 Å². The lowest BCUT2D eigenvalue weighted by Gasteiger charge is -2.22. The van der Waals surface area contributed by atoms with E-state index in [9.17, 15) is 32.7 Å². The second-order valence-electron chi connectivity index (χ2n) is 8.39. The van der Waals surface area contributed by atoms with Crippen LogP contribution in [0.15, 0.2) is 35.3 Å². The molecule has 0 fully saturated rings. The SMILES string of the molecule is Cc1c(C(F)(F)F)cn(C)c(=O)c1-c1ccc(CC(NC(=O)OC(C)(C)C)C(=O)O)cc1. The van der Waals surface area contributed by atoms with Crippen LogP contribution in [0.2, 0.25) is 0 Å². The van der Waals surface area contributed by atoms with Crippen LogP contribution < -0.4 is 10.9 Å². The first-order valence-electron chi connectivity index (χ1n) is 9.69. The number of hydrogen-bond donors (Lipinski definition) is 2. The first-order chi connectivity index (χ1) is 14.6. The van der Waals surface area contributed by atoms with Crippen LogP contribution in [0.5, 0.6) is 0 Å². The highest BCUT2D eigenvalue weighted by Gasteiger charge is 2.34. The summed E-state index contributed by atoms with van der Waals surface area (Å²) >= 11 is 0. The Kier molecular flexibility index (Phi) is 7.06. The molecule has 1 heterocycles. The molecule has 0 aliphatic carbocycles. The van der Waals surface area contributed by atoms with Gasteiger partial charge in [0.1, 0.15) is 11.6 Å². The number of carboxylic acid groups (broad SMARTS) is 1. The Morgan fingerprint density at radius 2 is 1.72 bits per heavy atom. The monoisotopic (exact) mass is 454 g/mol. The largest absolute Gasteiger partial charge is 0.480 e. The van der Waals surface area contributed by atoms with E-state index in [1.165, 1.54) is 38.2 Å². The fourth-order valence-electron chi connectivity index (χ4n) is 3.14. The van der Waals surface area contributed by atoms with Crippen LogP contribution in [0.1, 0.15) is 37.5 Å². The number of nitrogens with one attached hydrogen (secondary N) is 1. The summed E-state index contributed by atoms with van der Waals surface area (Å²) in [5, 5.41) is 11.7. The molecule has 1 aromatic carbocycles. The fourth-order valence-corrected chi connectivity index (χ4v) is 3.14. The third-order valence-corrected chi connectivity index (χ3v) is 4.61. The average Bonchev–Trinajstić information content (AvgIpc) is 2.63. The second-order valence-corrected chi connectivity index (χ2v) is 8.39. The van der Waals surface area contributed by atoms with Gasteiger partial charge in [-0.05, 0) is 44.4 Å². The molecule has 0 saturated carbocycles. The molecule has 10 heteroatoms. The topological polar surface area (TPSA) is 97.6 Å². The maximum absolute atomic E-state index is 13.3. The molecule has 1 atom stereocenters. The van der Waals surface area contributed by atoms with Crippen molar-refractivity contribution in [3.8, 4) is 11.1 Å². The molecular formula is C22H25F3N2O5. The number of hydrogen-bond acceptors (Lipinski definition) is 4. The Morgan fingerprint density at radius 3 is 2.19 bits per heavy atom. The van der Waals surface area contributed by atoms with Gasteiger partial charge in [0.15, 0.2) is 0 Å². The van der Waals surface area contributed by atoms with Crippen molar-refractivity contribution in [2.45, 2.75) is 51.9 Å². The van der Waals surface area contributed by atoms with Crippen molar-refractivity contribution in [3.05, 3.63) is 57.5 Å². The van der Waals surface area contributed by atoms with Gasteiger partial charge in [-0.2, -0.15) is 13.2 Å². The number of carbonyl (C=O) groups excluding carboxylic acids is 1. The smallest absolute Gasteiger partial charge is 0.418 e. The lowest BCUT2D eigenvalue weighted by Crippen LogP contribution is -2.44. The van der Waals surface area contributed by atoms with E-state index in [-0.39, 0.29) is 23.1 Å². The lowest BCUT2D eigenvalue weighted by molar-refractivity contribution is -0.139. The number of amides is 1. The van der Waals surface area contributed by atoms with Gasteiger partial charge in [0.25, 0.3) is 5.56 Å². The zero-order valence-electron chi connectivity index (χ0n) is 18.3. The molecule has 0 aliphatic heterocycles. The Labute approximate surface area is 182 Å². The molecule has 0 saturated heterocycles. The third-order valence-electron chi connectivity index (χ3n) is 4.61. The zero-order chi connectivity index (χ0) is 24.4. The zero-order valence-corrected chi connectivity index (χ0v) is 18.3. The lowest BCUT2D eigenvalue weighted by atomic mass is 9.96. The number of benzene rings is 1. The number of pyridine rings is 1. The van der Waals surface area contributed by atoms with Crippen LogP contribution in [0, 0.1) is 6.92 Å². The van der Waals surface area contributed by atoms with Crippen LogP contribution in [-0.4, -0.2) is 33.4 Å². The van der Waals surface area contributed by atoms with Crippen LogP contribution >= 0.6 is 0 Å². The molecule has 174 valence electrons. The van der Waals surface area contributed by atoms with E-state index in [0.29, 0.717) is 5.56 Å². The van der Waals surface area contributed by atoms with E-state index in [1.54, 1.807) is 20.8 Å². The third kappa shape index (κ3) is 6.12. The minimum Gasteiger partial charge on any atom is -0.480 e. The molecule has 1 aromatic heterocycles. The van der Waals surface area contributed by atoms with E-state index in [2.05, 4.69) is 5.32 Å². The molecule has 0 spiro atoms. The average molecular weight is 454 g/mol. The summed E-state index contributed by atoms with van der Waals surface area (Å²) in [6, 6.07) is 4.62. The van der Waals surface area contributed by atoms with Gasteiger partial charge in [0.2, 0.25) is 0 Å². The highest BCUT2D eigenvalue weighted by molar-refractivity contribution is 5.80. The van der Waals surface area contributed by atoms with Gasteiger partial charge in [0, 0.05) is 19.7 Å². The number of carbonyl (C=O) groups is 2. The van der Waals surface area contributed by atoms with Gasteiger partial charge >= 0.3 is 18.2 Å². The minimum atomic E-state index is -4.62. The maximum Gasteiger partial charge on any atom is 0.418 e. The van der Waals surface area contributed by atoms with Crippen molar-refractivity contribution in [2.24, 2.45) is 7.05 Å². The number of halogens is 3. The van der Waals surface area contributed by atoms with Crippen molar-refractivity contribution in [3.63, 3.8) is 0 Å². The number of aliphatic carboxylic acids is 1. The standard InChI is InChI=1S/C22H25F3N2O5/c1-12-15(22(23,24)25)11-27(5)18(28)17(12)14-8-6-13(7-9-14)10-16(19(29)30)26-20(31)32-21(2,3)4/h6-9,11,16H,10H2,1-5H3,(H,26,31)(H,29,30). The quantitative estimate of drug-likeness (QED) is 0.714. The first-order valence-corrected chi connectivity index (χ1v) is 9.69. The number of nitrogens with zero attached hydrogens (tertiary/aromatic N) is 1. The van der Waals surface area contributed by atoms with Gasteiger partial charge in [-0.3, -0.25) is 4.79 Å². The summed E-state index contributed by atoms with van der Waals surface area (Å²) in [6.45, 7) is 6.15. The number of aromatic nitrogens is 1. The van der Waals surface area contributed by atoms with Crippen molar-refractivity contribution >= 4 is 12.1 Å². The first kappa shape index (κ1) is 25.0. The summed E-state index contributed by atoms with van der Waals surface area (Å²) in [6.07, 6.45) is -4.83. The molecule has 0 bridgehead atoms. The number of ether oxygens (including phenoxy) is 1. The summed E-state index contributed by atoms with van der Waals surface area (Å²) in [7, 11) is 1.24. The molecule has 1 amide bonds. The molecule has 1 unspecified atom stereocenters. The fraction of sp³-hybridized carbons (Fsp3) is 0.409. The normalized spacial score (nSPS) is 12.9. The van der Waals surface area contributed by atoms with Crippen molar-refractivity contribution in [1.29, 1.82) is 0 Å². The van der Waals surface area contributed by atoms with Crippen LogP contribution in [0.4, 0.5) is 18.0 Å². The number of rotatable bonds is 5. The Hall–Kier alpha value is -3.30. The maximum atomic E-state index is 13.3. The highest BCUT2D eigenvalue weighted by atomic mass is 19.4. The summed E-state index contributed by atoms with van der Waals surface area (Å²) in [5.41, 5.74) is -1.81. The molecule has 2 rings (SSSR count). The van der Waals surface area contributed by atoms with Gasteiger partial charge < -0.3 is 19.7 Å². The van der Waals surface area contributed by atoms with Crippen LogP contribution in [0.25, 0.3) is 11.1 Å². The molecule has 2 N–H and O–H groups in total. The van der Waals surface area contributed by atoms with Crippen LogP contribution in [-0.2, 0) is 29.2 Å². The van der Waals surface area contributed by atoms with Crippen molar-refractivity contribution in [1.82, 2.24) is 9.88 Å². The molecule has 0 radical (unpaired) electrons. The van der Waals surface area contributed by atoms with E-state index in [4.69, 9.17) is 4.74 Å². The van der Waals surface area contributed by atoms with E-state index >= 15 is 0 Å². The Morgan fingerprint density at radius 1 is 1.16 bits per heavy atom. The predicted molar refractivity (Wildman–Crippen MR) is 111 cm³/mol. The summed E-state index contributed by atoms with van der Waals surface area (Å²) in [5.74, 6) is -1.28. The molecular weight excluding hydrogens is 429 g/mol. The second kappa shape index (κ2) is 9.05. The Bertz CT molecular complexity index is 1070. The number of aryl methyl sites for hydroxylation is 1. The van der Waals surface area contributed by atoms with E-state index in [0.717, 1.165) is 10.8 Å². The molecule has 0 aliphatic rings. The van der Waals surface area contributed by atoms with Crippen molar-refractivity contribution < 1.29 is 32.6 Å². The van der Waals surface area contributed by atoms with Gasteiger partial charge in [0.05, 0.1) is 11.1 Å². The van der Waals surface area contributed by atoms with Crippen molar-refractivity contribution in [2.75, 3.05) is 0 Å². The molecule has 7 nitrogen and oxygen atoms in total. The predicted octanol–water partition coefficient (Wildman–Crippen LogP) is 3.90. The summed E-state index contributed by atoms with van der Waals surface area (Å²) < 4.78 is 45.9. The Balaban J connectivity index is 2.32. The van der Waals surface area contributed by atoms with Gasteiger partial charge in [-0.15, -0.1) is 0 Å².